The maximum absolute atomic E-state index is 11.5. The first-order valence-corrected chi connectivity index (χ1v) is 12.1. The van der Waals surface area contributed by atoms with Crippen LogP contribution < -0.4 is 11.1 Å². The Morgan fingerprint density at radius 2 is 1.97 bits per heavy atom. The summed E-state index contributed by atoms with van der Waals surface area (Å²) in [6.07, 6.45) is 0.884. The molecule has 0 amide bonds. The second kappa shape index (κ2) is 11.7. The number of hydrogen-bond acceptors (Lipinski definition) is 8. The molecule has 1 unspecified atom stereocenters. The van der Waals surface area contributed by atoms with Crippen molar-refractivity contribution in [3.63, 3.8) is 0 Å². The fraction of sp³-hybridized carbons (Fsp3) is 0.440. The monoisotopic (exact) mass is 485 g/mol. The number of anilines is 2. The van der Waals surface area contributed by atoms with E-state index in [1.54, 1.807) is 6.92 Å². The van der Waals surface area contributed by atoms with E-state index in [0.717, 1.165) is 67.6 Å². The van der Waals surface area contributed by atoms with Gasteiger partial charge in [0, 0.05) is 55.6 Å². The molecule has 0 aliphatic carbocycles. The third kappa shape index (κ3) is 6.07. The lowest BCUT2D eigenvalue weighted by Crippen LogP contribution is -2.49. The molecule has 182 valence electrons. The van der Waals surface area contributed by atoms with Crippen molar-refractivity contribution in [2.75, 3.05) is 57.9 Å². The minimum absolute atomic E-state index is 0.186. The number of carbonyl (C=O) groups excluding carboxylic acids is 1. The SMILES string of the molecule is CCOC(=O)C(N)COCCCN1CCN(C2=Nc3cc(Cl)ccc3Nc3ccccc32)CC1. The van der Waals surface area contributed by atoms with Gasteiger partial charge in [-0.05, 0) is 43.7 Å². The van der Waals surface area contributed by atoms with Gasteiger partial charge in [-0.3, -0.25) is 9.69 Å². The van der Waals surface area contributed by atoms with Crippen molar-refractivity contribution in [1.82, 2.24) is 9.80 Å². The highest BCUT2D eigenvalue weighted by Gasteiger charge is 2.25. The second-order valence-corrected chi connectivity index (χ2v) is 8.82. The van der Waals surface area contributed by atoms with E-state index in [1.807, 2.05) is 30.3 Å². The molecule has 2 aromatic rings. The van der Waals surface area contributed by atoms with Crippen molar-refractivity contribution in [1.29, 1.82) is 0 Å². The van der Waals surface area contributed by atoms with Crippen LogP contribution in [0.4, 0.5) is 17.1 Å². The molecule has 4 rings (SSSR count). The van der Waals surface area contributed by atoms with Gasteiger partial charge in [-0.1, -0.05) is 23.7 Å². The summed E-state index contributed by atoms with van der Waals surface area (Å²) in [5, 5.41) is 4.18. The lowest BCUT2D eigenvalue weighted by Gasteiger charge is -2.36. The van der Waals surface area contributed by atoms with Crippen LogP contribution in [0.2, 0.25) is 5.02 Å². The summed E-state index contributed by atoms with van der Waals surface area (Å²) in [5.41, 5.74) is 9.69. The Kier molecular flexibility index (Phi) is 8.39. The molecule has 0 spiro atoms. The molecule has 0 radical (unpaired) electrons. The van der Waals surface area contributed by atoms with Crippen molar-refractivity contribution in [3.05, 3.63) is 53.1 Å². The van der Waals surface area contributed by atoms with Gasteiger partial charge in [0.25, 0.3) is 0 Å². The van der Waals surface area contributed by atoms with E-state index < -0.39 is 12.0 Å². The lowest BCUT2D eigenvalue weighted by molar-refractivity contribution is -0.146. The first-order chi connectivity index (χ1) is 16.5. The molecule has 2 aromatic carbocycles. The number of nitrogens with two attached hydrogens (primary N) is 1. The molecule has 2 aliphatic heterocycles. The number of rotatable bonds is 8. The normalized spacial score (nSPS) is 16.6. The molecule has 8 nitrogen and oxygen atoms in total. The van der Waals surface area contributed by atoms with Crippen LogP contribution in [0.25, 0.3) is 0 Å². The number of ether oxygens (including phenoxy) is 2. The Bertz CT molecular complexity index is 1020. The van der Waals surface area contributed by atoms with Gasteiger partial charge < -0.3 is 25.4 Å². The third-order valence-electron chi connectivity index (χ3n) is 5.95. The molecule has 0 aromatic heterocycles. The molecular formula is C25H32ClN5O3. The van der Waals surface area contributed by atoms with Crippen molar-refractivity contribution in [2.24, 2.45) is 10.7 Å². The van der Waals surface area contributed by atoms with Crippen LogP contribution in [-0.2, 0) is 14.3 Å². The van der Waals surface area contributed by atoms with Gasteiger partial charge in [-0.15, -0.1) is 0 Å². The van der Waals surface area contributed by atoms with Crippen LogP contribution in [-0.4, -0.2) is 80.2 Å². The molecule has 1 fully saturated rings. The van der Waals surface area contributed by atoms with Crippen molar-refractivity contribution >= 4 is 40.5 Å². The highest BCUT2D eigenvalue weighted by atomic mass is 35.5. The Labute approximate surface area is 205 Å². The number of esters is 1. The number of aliphatic imine (C=N–C) groups is 1. The molecular weight excluding hydrogens is 454 g/mol. The number of nitrogens with zero attached hydrogens (tertiary/aromatic N) is 3. The highest BCUT2D eigenvalue weighted by Crippen LogP contribution is 2.36. The van der Waals surface area contributed by atoms with Crippen molar-refractivity contribution in [3.8, 4) is 0 Å². The maximum atomic E-state index is 11.5. The number of nitrogens with one attached hydrogen (secondary N) is 1. The van der Waals surface area contributed by atoms with Crippen molar-refractivity contribution in [2.45, 2.75) is 19.4 Å². The smallest absolute Gasteiger partial charge is 0.325 e. The summed E-state index contributed by atoms with van der Waals surface area (Å²) in [6, 6.07) is 13.3. The van der Waals surface area contributed by atoms with E-state index in [9.17, 15) is 4.79 Å². The number of amidine groups is 1. The fourth-order valence-corrected chi connectivity index (χ4v) is 4.32. The zero-order chi connectivity index (χ0) is 23.9. The first kappa shape index (κ1) is 24.5. The van der Waals surface area contributed by atoms with Crippen LogP contribution in [0.1, 0.15) is 18.9 Å². The van der Waals surface area contributed by atoms with E-state index in [1.165, 1.54) is 0 Å². The fourth-order valence-electron chi connectivity index (χ4n) is 4.15. The molecule has 2 heterocycles. The molecule has 0 bridgehead atoms. The molecule has 3 N–H and O–H groups in total. The lowest BCUT2D eigenvalue weighted by atomic mass is 10.1. The average molecular weight is 486 g/mol. The zero-order valence-electron chi connectivity index (χ0n) is 19.5. The minimum atomic E-state index is -0.721. The predicted octanol–water partition coefficient (Wildman–Crippen LogP) is 3.39. The summed E-state index contributed by atoms with van der Waals surface area (Å²) in [6.45, 7) is 7.44. The Balaban J connectivity index is 1.31. The summed E-state index contributed by atoms with van der Waals surface area (Å²) in [5.74, 6) is 0.557. The Morgan fingerprint density at radius 1 is 1.18 bits per heavy atom. The van der Waals surface area contributed by atoms with Gasteiger partial charge in [0.2, 0.25) is 0 Å². The predicted molar refractivity (Wildman–Crippen MR) is 135 cm³/mol. The number of fused-ring (bicyclic) bond motifs is 2. The second-order valence-electron chi connectivity index (χ2n) is 8.38. The van der Waals surface area contributed by atoms with Crippen molar-refractivity contribution < 1.29 is 14.3 Å². The van der Waals surface area contributed by atoms with Crippen LogP contribution in [0, 0.1) is 0 Å². The quantitative estimate of drug-likeness (QED) is 0.437. The average Bonchev–Trinajstić information content (AvgIpc) is 3.01. The van der Waals surface area contributed by atoms with Crippen LogP contribution in [0.15, 0.2) is 47.5 Å². The Hall–Kier alpha value is -2.65. The number of halogens is 1. The number of para-hydroxylation sites is 1. The van der Waals surface area contributed by atoms with Gasteiger partial charge in [0.15, 0.2) is 0 Å². The standard InChI is InChI=1S/C25H32ClN5O3/c1-2-34-25(32)20(27)17-33-15-5-10-30-11-13-31(14-12-30)24-19-6-3-4-7-21(19)28-22-9-8-18(26)16-23(22)29-24/h3-4,6-9,16,20,28H,2,5,10-15,17,27H2,1H3. The van der Waals surface area contributed by atoms with Gasteiger partial charge in [0.1, 0.15) is 11.9 Å². The number of carbonyl (C=O) groups is 1. The van der Waals surface area contributed by atoms with Gasteiger partial charge >= 0.3 is 5.97 Å². The molecule has 1 atom stereocenters. The first-order valence-electron chi connectivity index (χ1n) is 11.8. The van der Waals surface area contributed by atoms with E-state index in [-0.39, 0.29) is 6.61 Å². The van der Waals surface area contributed by atoms with Crippen LogP contribution >= 0.6 is 11.6 Å². The zero-order valence-corrected chi connectivity index (χ0v) is 20.3. The minimum Gasteiger partial charge on any atom is -0.465 e. The van der Waals surface area contributed by atoms with Gasteiger partial charge in [0.05, 0.1) is 24.6 Å². The van der Waals surface area contributed by atoms with E-state index in [2.05, 4.69) is 27.2 Å². The third-order valence-corrected chi connectivity index (χ3v) is 6.18. The van der Waals surface area contributed by atoms with Gasteiger partial charge in [-0.2, -0.15) is 0 Å². The summed E-state index contributed by atoms with van der Waals surface area (Å²) >= 11 is 6.25. The van der Waals surface area contributed by atoms with Crippen LogP contribution in [0.3, 0.4) is 0 Å². The van der Waals surface area contributed by atoms with Crippen LogP contribution in [0.5, 0.6) is 0 Å². The number of hydrogen-bond donors (Lipinski definition) is 2. The summed E-state index contributed by atoms with van der Waals surface area (Å²) in [7, 11) is 0. The summed E-state index contributed by atoms with van der Waals surface area (Å²) < 4.78 is 10.5. The highest BCUT2D eigenvalue weighted by molar-refractivity contribution is 6.31. The molecule has 34 heavy (non-hydrogen) atoms. The molecule has 0 saturated carbocycles. The number of benzene rings is 2. The molecule has 2 aliphatic rings. The largest absolute Gasteiger partial charge is 0.465 e. The molecule has 1 saturated heterocycles. The molecule has 9 heteroatoms. The van der Waals surface area contributed by atoms with E-state index >= 15 is 0 Å². The number of piperazine rings is 1. The van der Waals surface area contributed by atoms with E-state index in [0.29, 0.717) is 18.2 Å². The summed E-state index contributed by atoms with van der Waals surface area (Å²) in [4.78, 5) is 21.3. The topological polar surface area (TPSA) is 92.4 Å². The maximum Gasteiger partial charge on any atom is 0.325 e. The van der Waals surface area contributed by atoms with E-state index in [4.69, 9.17) is 31.8 Å². The van der Waals surface area contributed by atoms with Gasteiger partial charge in [-0.25, -0.2) is 4.99 Å². The Morgan fingerprint density at radius 3 is 2.76 bits per heavy atom.